The van der Waals surface area contributed by atoms with Crippen LogP contribution < -0.4 is 0 Å². The Morgan fingerprint density at radius 1 is 1.33 bits per heavy atom. The Hall–Kier alpha value is -2.28. The van der Waals surface area contributed by atoms with Crippen LogP contribution in [0.4, 0.5) is 0 Å². The maximum absolute atomic E-state index is 13.0. The van der Waals surface area contributed by atoms with Gasteiger partial charge in [-0.2, -0.15) is 0 Å². The molecule has 7 heteroatoms. The summed E-state index contributed by atoms with van der Waals surface area (Å²) in [5, 5.41) is 10.3. The van der Waals surface area contributed by atoms with Crippen LogP contribution >= 0.6 is 11.8 Å². The average Bonchev–Trinajstić information content (AvgIpc) is 3.02. The van der Waals surface area contributed by atoms with Crippen LogP contribution in [0.5, 0.6) is 5.75 Å². The summed E-state index contributed by atoms with van der Waals surface area (Å²) in [5.74, 6) is 0.946. The van der Waals surface area contributed by atoms with E-state index < -0.39 is 6.04 Å². The van der Waals surface area contributed by atoms with Crippen molar-refractivity contribution in [1.29, 1.82) is 0 Å². The fourth-order valence-corrected chi connectivity index (χ4v) is 3.92. The summed E-state index contributed by atoms with van der Waals surface area (Å²) in [6, 6.07) is 6.16. The molecule has 0 aliphatic carbocycles. The highest BCUT2D eigenvalue weighted by molar-refractivity contribution is 7.99. The number of hydrogen-bond acceptors (Lipinski definition) is 5. The largest absolute Gasteiger partial charge is 0.508 e. The number of amides is 2. The summed E-state index contributed by atoms with van der Waals surface area (Å²) < 4.78 is 0. The Morgan fingerprint density at radius 3 is 2.79 bits per heavy atom. The Labute approximate surface area is 144 Å². The molecule has 0 radical (unpaired) electrons. The quantitative estimate of drug-likeness (QED) is 0.899. The molecule has 6 nitrogen and oxygen atoms in total. The topological polar surface area (TPSA) is 73.7 Å². The van der Waals surface area contributed by atoms with E-state index in [4.69, 9.17) is 0 Å². The molecule has 126 valence electrons. The van der Waals surface area contributed by atoms with Crippen LogP contribution in [0.25, 0.3) is 10.9 Å². The maximum Gasteiger partial charge on any atom is 0.257 e. The minimum absolute atomic E-state index is 0.0719. The normalized spacial score (nSPS) is 17.3. The lowest BCUT2D eigenvalue weighted by Gasteiger charge is -2.26. The summed E-state index contributed by atoms with van der Waals surface area (Å²) in [7, 11) is 3.39. The molecule has 0 spiro atoms. The predicted molar refractivity (Wildman–Crippen MR) is 94.1 cm³/mol. The number of thioether (sulfide) groups is 1. The molecule has 1 saturated heterocycles. The van der Waals surface area contributed by atoms with Gasteiger partial charge in [0.1, 0.15) is 11.8 Å². The SMILES string of the molecule is Cc1nc2ccc(O)cc2cc1C(=O)N1CSCC1C(=O)N(C)C. The van der Waals surface area contributed by atoms with Crippen molar-refractivity contribution in [3.8, 4) is 5.75 Å². The van der Waals surface area contributed by atoms with Gasteiger partial charge in [-0.25, -0.2) is 0 Å². The Balaban J connectivity index is 1.98. The summed E-state index contributed by atoms with van der Waals surface area (Å²) in [6.07, 6.45) is 0. The number of pyridine rings is 1. The number of nitrogens with zero attached hydrogens (tertiary/aromatic N) is 3. The second kappa shape index (κ2) is 6.32. The number of aryl methyl sites for hydroxylation is 1. The van der Waals surface area contributed by atoms with E-state index in [9.17, 15) is 14.7 Å². The molecule has 1 aliphatic heterocycles. The molecule has 0 saturated carbocycles. The second-order valence-corrected chi connectivity index (χ2v) is 7.02. The number of fused-ring (bicyclic) bond motifs is 1. The van der Waals surface area contributed by atoms with Crippen molar-refractivity contribution in [1.82, 2.24) is 14.8 Å². The van der Waals surface area contributed by atoms with Crippen LogP contribution in [0.15, 0.2) is 24.3 Å². The zero-order valence-corrected chi connectivity index (χ0v) is 14.6. The number of carbonyl (C=O) groups excluding carboxylic acids is 2. The number of phenolic OH excluding ortho intramolecular Hbond substituents is 1. The van der Waals surface area contributed by atoms with Gasteiger partial charge in [0, 0.05) is 25.2 Å². The zero-order chi connectivity index (χ0) is 17.4. The van der Waals surface area contributed by atoms with E-state index in [0.29, 0.717) is 28.3 Å². The minimum atomic E-state index is -0.447. The van der Waals surface area contributed by atoms with Crippen LogP contribution in [0.3, 0.4) is 0 Å². The Morgan fingerprint density at radius 2 is 2.08 bits per heavy atom. The first-order valence-electron chi connectivity index (χ1n) is 7.58. The molecule has 0 bridgehead atoms. The fourth-order valence-electron chi connectivity index (χ4n) is 2.78. The molecule has 1 atom stereocenters. The molecule has 24 heavy (non-hydrogen) atoms. The van der Waals surface area contributed by atoms with E-state index in [0.717, 1.165) is 5.52 Å². The number of aromatic hydroxyl groups is 1. The molecule has 1 unspecified atom stereocenters. The molecule has 2 aromatic rings. The van der Waals surface area contributed by atoms with Crippen molar-refractivity contribution in [2.24, 2.45) is 0 Å². The monoisotopic (exact) mass is 345 g/mol. The number of aromatic nitrogens is 1. The molecule has 2 heterocycles. The van der Waals surface area contributed by atoms with Crippen LogP contribution in [-0.2, 0) is 4.79 Å². The third-order valence-electron chi connectivity index (χ3n) is 4.09. The van der Waals surface area contributed by atoms with Crippen molar-refractivity contribution in [2.45, 2.75) is 13.0 Å². The molecule has 2 amide bonds. The first-order valence-corrected chi connectivity index (χ1v) is 8.74. The van der Waals surface area contributed by atoms with E-state index in [1.165, 1.54) is 4.90 Å². The molecular formula is C17H19N3O3S. The number of carbonyl (C=O) groups is 2. The van der Waals surface area contributed by atoms with Crippen molar-refractivity contribution in [3.63, 3.8) is 0 Å². The second-order valence-electron chi connectivity index (χ2n) is 6.02. The third kappa shape index (κ3) is 2.91. The molecule has 3 rings (SSSR count). The van der Waals surface area contributed by atoms with E-state index in [1.54, 1.807) is 61.9 Å². The summed E-state index contributed by atoms with van der Waals surface area (Å²) in [4.78, 5) is 32.8. The van der Waals surface area contributed by atoms with Crippen LogP contribution in [-0.4, -0.2) is 63.5 Å². The maximum atomic E-state index is 13.0. The van der Waals surface area contributed by atoms with Crippen molar-refractivity contribution >= 4 is 34.5 Å². The smallest absolute Gasteiger partial charge is 0.257 e. The van der Waals surface area contributed by atoms with Gasteiger partial charge in [0.05, 0.1) is 22.7 Å². The van der Waals surface area contributed by atoms with Gasteiger partial charge in [0.25, 0.3) is 5.91 Å². The molecule has 1 fully saturated rings. The van der Waals surface area contributed by atoms with Crippen LogP contribution in [0, 0.1) is 6.92 Å². The first kappa shape index (κ1) is 16.6. The van der Waals surface area contributed by atoms with Gasteiger partial charge in [-0.3, -0.25) is 14.6 Å². The Bertz CT molecular complexity index is 822. The van der Waals surface area contributed by atoms with Crippen LogP contribution in [0.2, 0.25) is 0 Å². The van der Waals surface area contributed by atoms with Gasteiger partial charge < -0.3 is 14.9 Å². The molecule has 1 aromatic heterocycles. The van der Waals surface area contributed by atoms with E-state index >= 15 is 0 Å². The summed E-state index contributed by atoms with van der Waals surface area (Å²) >= 11 is 1.57. The van der Waals surface area contributed by atoms with Crippen molar-refractivity contribution in [3.05, 3.63) is 35.5 Å². The summed E-state index contributed by atoms with van der Waals surface area (Å²) in [6.45, 7) is 1.78. The highest BCUT2D eigenvalue weighted by Gasteiger charge is 2.36. The number of hydrogen-bond donors (Lipinski definition) is 1. The number of rotatable bonds is 2. The number of likely N-dealkylation sites (N-methyl/N-ethyl adjacent to an activating group) is 1. The number of benzene rings is 1. The van der Waals surface area contributed by atoms with Gasteiger partial charge in [-0.05, 0) is 31.2 Å². The van der Waals surface area contributed by atoms with E-state index in [2.05, 4.69) is 4.98 Å². The third-order valence-corrected chi connectivity index (χ3v) is 5.10. The molecular weight excluding hydrogens is 326 g/mol. The van der Waals surface area contributed by atoms with Gasteiger partial charge >= 0.3 is 0 Å². The van der Waals surface area contributed by atoms with E-state index in [1.807, 2.05) is 0 Å². The predicted octanol–water partition coefficient (Wildman–Crippen LogP) is 1.85. The molecule has 1 N–H and O–H groups in total. The first-order chi connectivity index (χ1) is 11.4. The van der Waals surface area contributed by atoms with Gasteiger partial charge in [-0.1, -0.05) is 0 Å². The van der Waals surface area contributed by atoms with E-state index in [-0.39, 0.29) is 17.6 Å². The van der Waals surface area contributed by atoms with Crippen molar-refractivity contribution in [2.75, 3.05) is 25.7 Å². The van der Waals surface area contributed by atoms with Gasteiger partial charge in [0.2, 0.25) is 5.91 Å². The lowest BCUT2D eigenvalue weighted by atomic mass is 10.1. The molecule has 1 aliphatic rings. The minimum Gasteiger partial charge on any atom is -0.508 e. The standard InChI is InChI=1S/C17H19N3O3S/c1-10-13(7-11-6-12(21)4-5-14(11)18-10)16(22)20-9-24-8-15(20)17(23)19(2)3/h4-7,15,21H,8-9H2,1-3H3. The highest BCUT2D eigenvalue weighted by atomic mass is 32.2. The lowest BCUT2D eigenvalue weighted by Crippen LogP contribution is -2.46. The fraction of sp³-hybridized carbons (Fsp3) is 0.353. The van der Waals surface area contributed by atoms with Crippen LogP contribution in [0.1, 0.15) is 16.1 Å². The Kier molecular flexibility index (Phi) is 4.36. The summed E-state index contributed by atoms with van der Waals surface area (Å²) in [5.41, 5.74) is 1.80. The lowest BCUT2D eigenvalue weighted by molar-refractivity contribution is -0.132. The highest BCUT2D eigenvalue weighted by Crippen LogP contribution is 2.27. The van der Waals surface area contributed by atoms with Gasteiger partial charge in [-0.15, -0.1) is 11.8 Å². The van der Waals surface area contributed by atoms with Crippen molar-refractivity contribution < 1.29 is 14.7 Å². The average molecular weight is 345 g/mol. The zero-order valence-electron chi connectivity index (χ0n) is 13.8. The van der Waals surface area contributed by atoms with Gasteiger partial charge in [0.15, 0.2) is 0 Å². The number of phenols is 1. The molecule has 1 aromatic carbocycles.